The molecule has 2 aromatic rings. The van der Waals surface area contributed by atoms with Crippen LogP contribution in [0.3, 0.4) is 0 Å². The first-order valence-electron chi connectivity index (χ1n) is 11.4. The fourth-order valence-electron chi connectivity index (χ4n) is 5.20. The number of thiocarbonyl (C=S) groups is 1. The highest BCUT2D eigenvalue weighted by molar-refractivity contribution is 8.26. The molecule has 0 aromatic carbocycles. The van der Waals surface area contributed by atoms with Gasteiger partial charge in [-0.05, 0) is 42.9 Å². The summed E-state index contributed by atoms with van der Waals surface area (Å²) >= 11 is 6.56. The molecular weight excluding hydrogens is 492 g/mol. The van der Waals surface area contributed by atoms with E-state index in [1.807, 2.05) is 6.07 Å². The standard InChI is InChI=1S/C23H26N4O4S3/c1-14-9-15(2)12-25(11-14)20-17(21(28)26-7-4-3-5-19(26)24-20)10-18-22(29)27(23(32)33-18)16-6-8-34(30,31)13-16/h3-5,7,10,14-16H,6,8-9,11-13H2,1-2H3/b18-10+. The SMILES string of the molecule is CC1CC(C)CN(c2nc3ccccn3c(=O)c2/C=C2/SC(=S)N(C3CCS(=O)(=O)C3)C2=O)C1. The Morgan fingerprint density at radius 1 is 1.18 bits per heavy atom. The Morgan fingerprint density at radius 3 is 2.59 bits per heavy atom. The van der Waals surface area contributed by atoms with E-state index in [9.17, 15) is 18.0 Å². The van der Waals surface area contributed by atoms with Crippen LogP contribution in [0.4, 0.5) is 5.82 Å². The average Bonchev–Trinajstić information content (AvgIpc) is 3.26. The van der Waals surface area contributed by atoms with Crippen LogP contribution < -0.4 is 10.5 Å². The summed E-state index contributed by atoms with van der Waals surface area (Å²) in [5, 5.41) is 0. The van der Waals surface area contributed by atoms with Crippen LogP contribution in [-0.2, 0) is 14.6 Å². The van der Waals surface area contributed by atoms with E-state index in [4.69, 9.17) is 17.2 Å². The molecule has 3 unspecified atom stereocenters. The van der Waals surface area contributed by atoms with Crippen LogP contribution in [0, 0.1) is 11.8 Å². The Morgan fingerprint density at radius 2 is 1.91 bits per heavy atom. The van der Waals surface area contributed by atoms with Crippen LogP contribution in [0.5, 0.6) is 0 Å². The zero-order valence-corrected chi connectivity index (χ0v) is 21.5. The van der Waals surface area contributed by atoms with Crippen molar-refractivity contribution in [2.75, 3.05) is 29.5 Å². The van der Waals surface area contributed by atoms with E-state index in [-0.39, 0.29) is 23.0 Å². The lowest BCUT2D eigenvalue weighted by Crippen LogP contribution is -2.41. The molecule has 0 radical (unpaired) electrons. The van der Waals surface area contributed by atoms with Gasteiger partial charge < -0.3 is 4.90 Å². The number of rotatable bonds is 3. The lowest BCUT2D eigenvalue weighted by molar-refractivity contribution is -0.123. The maximum Gasteiger partial charge on any atom is 0.267 e. The van der Waals surface area contributed by atoms with Crippen molar-refractivity contribution in [2.24, 2.45) is 11.8 Å². The van der Waals surface area contributed by atoms with Gasteiger partial charge in [0.2, 0.25) is 0 Å². The molecule has 3 aliphatic rings. The van der Waals surface area contributed by atoms with Gasteiger partial charge in [0, 0.05) is 19.3 Å². The van der Waals surface area contributed by atoms with Gasteiger partial charge in [-0.15, -0.1) is 0 Å². The predicted octanol–water partition coefficient (Wildman–Crippen LogP) is 2.57. The van der Waals surface area contributed by atoms with Crippen LogP contribution in [0.2, 0.25) is 0 Å². The number of carbonyl (C=O) groups excluding carboxylic acids is 1. The maximum absolute atomic E-state index is 13.6. The first-order chi connectivity index (χ1) is 16.1. The zero-order chi connectivity index (χ0) is 24.2. The summed E-state index contributed by atoms with van der Waals surface area (Å²) in [5.74, 6) is 1.11. The number of piperidine rings is 1. The number of hydrogen-bond acceptors (Lipinski definition) is 8. The van der Waals surface area contributed by atoms with E-state index in [1.54, 1.807) is 24.4 Å². The van der Waals surface area contributed by atoms with Crippen molar-refractivity contribution in [3.63, 3.8) is 0 Å². The van der Waals surface area contributed by atoms with E-state index < -0.39 is 15.9 Å². The van der Waals surface area contributed by atoms with Crippen LogP contribution in [0.15, 0.2) is 34.1 Å². The summed E-state index contributed by atoms with van der Waals surface area (Å²) in [6.07, 6.45) is 4.75. The van der Waals surface area contributed by atoms with Gasteiger partial charge in [-0.3, -0.25) is 18.9 Å². The van der Waals surface area contributed by atoms with Gasteiger partial charge in [0.15, 0.2) is 9.84 Å². The van der Waals surface area contributed by atoms with Crippen molar-refractivity contribution in [2.45, 2.75) is 32.7 Å². The number of anilines is 1. The van der Waals surface area contributed by atoms with Crippen molar-refractivity contribution in [3.8, 4) is 0 Å². The third-order valence-corrected chi connectivity index (χ3v) is 9.67. The van der Waals surface area contributed by atoms with Crippen molar-refractivity contribution >= 4 is 61.6 Å². The van der Waals surface area contributed by atoms with Gasteiger partial charge in [0.1, 0.15) is 15.8 Å². The highest BCUT2D eigenvalue weighted by atomic mass is 32.2. The van der Waals surface area contributed by atoms with Crippen molar-refractivity contribution < 1.29 is 13.2 Å². The molecule has 5 heterocycles. The van der Waals surface area contributed by atoms with Crippen molar-refractivity contribution in [1.82, 2.24) is 14.3 Å². The fraction of sp³-hybridized carbons (Fsp3) is 0.478. The molecule has 1 amide bonds. The number of thioether (sulfide) groups is 1. The number of aromatic nitrogens is 2. The molecule has 0 aliphatic carbocycles. The predicted molar refractivity (Wildman–Crippen MR) is 139 cm³/mol. The molecule has 3 saturated heterocycles. The first kappa shape index (κ1) is 23.5. The Balaban J connectivity index is 1.59. The molecule has 0 N–H and O–H groups in total. The summed E-state index contributed by atoms with van der Waals surface area (Å²) in [5.41, 5.74) is 0.652. The normalized spacial score (nSPS) is 28.4. The summed E-state index contributed by atoms with van der Waals surface area (Å²) in [7, 11) is -3.17. The molecule has 0 spiro atoms. The smallest absolute Gasteiger partial charge is 0.267 e. The first-order valence-corrected chi connectivity index (χ1v) is 14.4. The molecule has 11 heteroatoms. The minimum atomic E-state index is -3.17. The molecule has 0 saturated carbocycles. The molecule has 3 aliphatic heterocycles. The summed E-state index contributed by atoms with van der Waals surface area (Å²) in [6, 6.07) is 4.95. The number of carbonyl (C=O) groups is 1. The monoisotopic (exact) mass is 518 g/mol. The third kappa shape index (κ3) is 4.29. The Bertz CT molecular complexity index is 1370. The van der Waals surface area contributed by atoms with Gasteiger partial charge in [-0.25, -0.2) is 13.4 Å². The molecule has 5 rings (SSSR count). The molecule has 3 atom stereocenters. The Hall–Kier alpha value is -2.24. The second kappa shape index (κ2) is 8.76. The molecule has 0 bridgehead atoms. The second-order valence-electron chi connectivity index (χ2n) is 9.54. The van der Waals surface area contributed by atoms with Crippen LogP contribution in [-0.4, -0.2) is 63.6 Å². The van der Waals surface area contributed by atoms with Gasteiger partial charge in [-0.2, -0.15) is 0 Å². The molecule has 180 valence electrons. The number of hydrogen-bond donors (Lipinski definition) is 0. The number of pyridine rings is 1. The highest BCUT2D eigenvalue weighted by Crippen LogP contribution is 2.37. The maximum atomic E-state index is 13.6. The quantitative estimate of drug-likeness (QED) is 0.452. The minimum absolute atomic E-state index is 0.0548. The molecule has 3 fully saturated rings. The van der Waals surface area contributed by atoms with Crippen LogP contribution in [0.1, 0.15) is 32.3 Å². The average molecular weight is 519 g/mol. The largest absolute Gasteiger partial charge is 0.355 e. The van der Waals surface area contributed by atoms with Gasteiger partial charge in [0.05, 0.1) is 28.0 Å². The third-order valence-electron chi connectivity index (χ3n) is 6.59. The van der Waals surface area contributed by atoms with Crippen molar-refractivity contribution in [1.29, 1.82) is 0 Å². The molecule has 2 aromatic heterocycles. The fourth-order valence-corrected chi connectivity index (χ4v) is 8.28. The summed E-state index contributed by atoms with van der Waals surface area (Å²) < 4.78 is 25.7. The minimum Gasteiger partial charge on any atom is -0.355 e. The van der Waals surface area contributed by atoms with Crippen molar-refractivity contribution in [3.05, 3.63) is 45.2 Å². The number of amides is 1. The Kier molecular flexibility index (Phi) is 6.06. The number of sulfone groups is 1. The van der Waals surface area contributed by atoms with E-state index >= 15 is 0 Å². The zero-order valence-electron chi connectivity index (χ0n) is 19.0. The van der Waals surface area contributed by atoms with Gasteiger partial charge in [0.25, 0.3) is 11.5 Å². The van der Waals surface area contributed by atoms with Crippen LogP contribution >= 0.6 is 24.0 Å². The highest BCUT2D eigenvalue weighted by Gasteiger charge is 2.42. The number of nitrogens with zero attached hydrogens (tertiary/aromatic N) is 4. The van der Waals surface area contributed by atoms with E-state index in [0.29, 0.717) is 44.5 Å². The van der Waals surface area contributed by atoms with Gasteiger partial charge >= 0.3 is 0 Å². The van der Waals surface area contributed by atoms with Gasteiger partial charge in [-0.1, -0.05) is 43.9 Å². The number of fused-ring (bicyclic) bond motifs is 1. The van der Waals surface area contributed by atoms with E-state index in [2.05, 4.69) is 18.7 Å². The Labute approximate surface area is 207 Å². The summed E-state index contributed by atoms with van der Waals surface area (Å²) in [6.45, 7) is 5.94. The lowest BCUT2D eigenvalue weighted by atomic mass is 9.91. The molecular formula is C23H26N4O4S3. The molecule has 8 nitrogen and oxygen atoms in total. The molecule has 34 heavy (non-hydrogen) atoms. The second-order valence-corrected chi connectivity index (χ2v) is 13.4. The lowest BCUT2D eigenvalue weighted by Gasteiger charge is -2.36. The van der Waals surface area contributed by atoms with E-state index in [1.165, 1.54) is 9.30 Å². The topological polar surface area (TPSA) is 92.1 Å². The van der Waals surface area contributed by atoms with E-state index in [0.717, 1.165) is 31.3 Å². The van der Waals surface area contributed by atoms with Crippen LogP contribution in [0.25, 0.3) is 11.7 Å². The summed E-state index contributed by atoms with van der Waals surface area (Å²) in [4.78, 5) is 35.6.